The summed E-state index contributed by atoms with van der Waals surface area (Å²) in [5, 5.41) is 0. The summed E-state index contributed by atoms with van der Waals surface area (Å²) in [6, 6.07) is 13.6. The Hall–Kier alpha value is -2.89. The van der Waals surface area contributed by atoms with Crippen molar-refractivity contribution in [1.29, 1.82) is 0 Å². The standard InChI is InChI=1S/C21H24N4O2/c1-2-7-19-23-18-10-6-12-22-21(18)25(19)16-11-13-24(14-16)20(26)15-27-17-8-4-3-5-9-17/h3-6,8-10,12,16H,2,7,11,13-15H2,1H3. The summed E-state index contributed by atoms with van der Waals surface area (Å²) in [6.07, 6.45) is 4.67. The zero-order valence-corrected chi connectivity index (χ0v) is 15.5. The van der Waals surface area contributed by atoms with Gasteiger partial charge in [-0.15, -0.1) is 0 Å². The van der Waals surface area contributed by atoms with E-state index in [-0.39, 0.29) is 18.6 Å². The number of benzene rings is 1. The van der Waals surface area contributed by atoms with Crippen LogP contribution in [0.5, 0.6) is 5.75 Å². The van der Waals surface area contributed by atoms with Crippen LogP contribution in [0.1, 0.15) is 31.6 Å². The third-order valence-corrected chi connectivity index (χ3v) is 4.98. The smallest absolute Gasteiger partial charge is 0.260 e. The Morgan fingerprint density at radius 3 is 2.89 bits per heavy atom. The van der Waals surface area contributed by atoms with Crippen LogP contribution in [0.2, 0.25) is 0 Å². The lowest BCUT2D eigenvalue weighted by atomic mass is 10.2. The Morgan fingerprint density at radius 1 is 1.22 bits per heavy atom. The molecule has 1 amide bonds. The van der Waals surface area contributed by atoms with E-state index in [1.54, 1.807) is 0 Å². The molecule has 1 unspecified atom stereocenters. The first kappa shape index (κ1) is 17.5. The minimum absolute atomic E-state index is 0.0239. The second-order valence-electron chi connectivity index (χ2n) is 6.88. The molecular weight excluding hydrogens is 340 g/mol. The number of ether oxygens (including phenoxy) is 1. The summed E-state index contributed by atoms with van der Waals surface area (Å²) in [5.41, 5.74) is 1.85. The highest BCUT2D eigenvalue weighted by molar-refractivity contribution is 5.78. The van der Waals surface area contributed by atoms with Gasteiger partial charge in [-0.25, -0.2) is 9.97 Å². The molecule has 1 aromatic carbocycles. The number of carbonyl (C=O) groups is 1. The van der Waals surface area contributed by atoms with Crippen molar-refractivity contribution in [3.8, 4) is 5.75 Å². The van der Waals surface area contributed by atoms with E-state index in [4.69, 9.17) is 9.72 Å². The van der Waals surface area contributed by atoms with Gasteiger partial charge < -0.3 is 14.2 Å². The van der Waals surface area contributed by atoms with E-state index in [1.165, 1.54) is 0 Å². The average molecular weight is 364 g/mol. The summed E-state index contributed by atoms with van der Waals surface area (Å²) in [5.74, 6) is 1.80. The van der Waals surface area contributed by atoms with E-state index >= 15 is 0 Å². The van der Waals surface area contributed by atoms with Crippen LogP contribution in [0.4, 0.5) is 0 Å². The maximum Gasteiger partial charge on any atom is 0.260 e. The molecule has 27 heavy (non-hydrogen) atoms. The van der Waals surface area contributed by atoms with E-state index in [9.17, 15) is 4.79 Å². The topological polar surface area (TPSA) is 60.2 Å². The lowest BCUT2D eigenvalue weighted by molar-refractivity contribution is -0.132. The second-order valence-corrected chi connectivity index (χ2v) is 6.88. The van der Waals surface area contributed by atoms with Gasteiger partial charge >= 0.3 is 0 Å². The van der Waals surface area contributed by atoms with Gasteiger partial charge in [-0.3, -0.25) is 4.79 Å². The first-order valence-corrected chi connectivity index (χ1v) is 9.53. The van der Waals surface area contributed by atoms with Gasteiger partial charge in [0.15, 0.2) is 12.3 Å². The summed E-state index contributed by atoms with van der Waals surface area (Å²) >= 11 is 0. The number of fused-ring (bicyclic) bond motifs is 1. The molecule has 0 spiro atoms. The van der Waals surface area contributed by atoms with Crippen LogP contribution in [0.15, 0.2) is 48.7 Å². The van der Waals surface area contributed by atoms with Crippen LogP contribution in [0.3, 0.4) is 0 Å². The lowest BCUT2D eigenvalue weighted by Crippen LogP contribution is -2.33. The highest BCUT2D eigenvalue weighted by Crippen LogP contribution is 2.28. The van der Waals surface area contributed by atoms with Crippen LogP contribution < -0.4 is 4.74 Å². The van der Waals surface area contributed by atoms with Crippen molar-refractivity contribution in [3.05, 3.63) is 54.5 Å². The van der Waals surface area contributed by atoms with Gasteiger partial charge in [-0.2, -0.15) is 0 Å². The molecule has 0 saturated carbocycles. The minimum atomic E-state index is 0.0239. The molecule has 6 heteroatoms. The van der Waals surface area contributed by atoms with Gasteiger partial charge in [0.2, 0.25) is 0 Å². The molecule has 2 aromatic heterocycles. The van der Waals surface area contributed by atoms with Crippen molar-refractivity contribution < 1.29 is 9.53 Å². The summed E-state index contributed by atoms with van der Waals surface area (Å²) in [6.45, 7) is 3.64. The van der Waals surface area contributed by atoms with Gasteiger partial charge in [-0.1, -0.05) is 25.1 Å². The highest BCUT2D eigenvalue weighted by Gasteiger charge is 2.30. The second kappa shape index (κ2) is 7.78. The number of imidazole rings is 1. The number of rotatable bonds is 6. The van der Waals surface area contributed by atoms with E-state index in [1.807, 2.05) is 53.6 Å². The molecule has 3 aromatic rings. The number of aryl methyl sites for hydroxylation is 1. The molecule has 0 aliphatic carbocycles. The molecule has 0 radical (unpaired) electrons. The molecule has 1 aliphatic rings. The van der Waals surface area contributed by atoms with Crippen molar-refractivity contribution >= 4 is 17.1 Å². The van der Waals surface area contributed by atoms with E-state index < -0.39 is 0 Å². The normalized spacial score (nSPS) is 16.8. The van der Waals surface area contributed by atoms with Crippen molar-refractivity contribution in [1.82, 2.24) is 19.4 Å². The number of nitrogens with zero attached hydrogens (tertiary/aromatic N) is 4. The third-order valence-electron chi connectivity index (χ3n) is 4.98. The molecule has 1 saturated heterocycles. The number of para-hydroxylation sites is 1. The Labute approximate surface area is 158 Å². The SMILES string of the molecule is CCCc1nc2cccnc2n1C1CCN(C(=O)COc2ccccc2)C1. The lowest BCUT2D eigenvalue weighted by Gasteiger charge is -2.19. The van der Waals surface area contributed by atoms with Crippen LogP contribution >= 0.6 is 0 Å². The van der Waals surface area contributed by atoms with E-state index in [0.717, 1.165) is 48.5 Å². The fraction of sp³-hybridized carbons (Fsp3) is 0.381. The molecule has 3 heterocycles. The predicted molar refractivity (Wildman–Crippen MR) is 104 cm³/mol. The fourth-order valence-corrected chi connectivity index (χ4v) is 3.69. The fourth-order valence-electron chi connectivity index (χ4n) is 3.69. The number of pyridine rings is 1. The largest absolute Gasteiger partial charge is 0.484 e. The number of amides is 1. The van der Waals surface area contributed by atoms with Crippen LogP contribution in [-0.2, 0) is 11.2 Å². The minimum Gasteiger partial charge on any atom is -0.484 e. The highest BCUT2D eigenvalue weighted by atomic mass is 16.5. The molecule has 1 fully saturated rings. The molecular formula is C21H24N4O2. The maximum absolute atomic E-state index is 12.6. The van der Waals surface area contributed by atoms with Crippen molar-refractivity contribution in [3.63, 3.8) is 0 Å². The van der Waals surface area contributed by atoms with Crippen LogP contribution in [-0.4, -0.2) is 45.0 Å². The summed E-state index contributed by atoms with van der Waals surface area (Å²) in [7, 11) is 0. The van der Waals surface area contributed by atoms with Crippen molar-refractivity contribution in [2.75, 3.05) is 19.7 Å². The maximum atomic E-state index is 12.6. The Kier molecular flexibility index (Phi) is 5.05. The predicted octanol–water partition coefficient (Wildman–Crippen LogP) is 3.24. The van der Waals surface area contributed by atoms with Crippen molar-refractivity contribution in [2.24, 2.45) is 0 Å². The molecule has 140 valence electrons. The number of carbonyl (C=O) groups excluding carboxylic acids is 1. The molecule has 0 N–H and O–H groups in total. The summed E-state index contributed by atoms with van der Waals surface area (Å²) < 4.78 is 7.86. The van der Waals surface area contributed by atoms with Crippen LogP contribution in [0, 0.1) is 0 Å². The van der Waals surface area contributed by atoms with Crippen molar-refractivity contribution in [2.45, 2.75) is 32.2 Å². The molecule has 0 bridgehead atoms. The average Bonchev–Trinajstić information content (AvgIpc) is 3.31. The number of hydrogen-bond donors (Lipinski definition) is 0. The number of aromatic nitrogens is 3. The zero-order valence-electron chi connectivity index (χ0n) is 15.5. The zero-order chi connectivity index (χ0) is 18.6. The summed E-state index contributed by atoms with van der Waals surface area (Å²) in [4.78, 5) is 23.8. The van der Waals surface area contributed by atoms with Gasteiger partial charge in [0.25, 0.3) is 5.91 Å². The van der Waals surface area contributed by atoms with E-state index in [2.05, 4.69) is 16.5 Å². The molecule has 6 nitrogen and oxygen atoms in total. The quantitative estimate of drug-likeness (QED) is 0.674. The molecule has 1 aliphatic heterocycles. The number of likely N-dealkylation sites (tertiary alicyclic amines) is 1. The molecule has 4 rings (SSSR count). The van der Waals surface area contributed by atoms with E-state index in [0.29, 0.717) is 6.54 Å². The first-order valence-electron chi connectivity index (χ1n) is 9.53. The Bertz CT molecular complexity index is 922. The number of hydrogen-bond acceptors (Lipinski definition) is 4. The van der Waals surface area contributed by atoms with Gasteiger partial charge in [0.05, 0.1) is 6.04 Å². The van der Waals surface area contributed by atoms with Gasteiger partial charge in [0, 0.05) is 25.7 Å². The Balaban J connectivity index is 1.47. The first-order chi connectivity index (χ1) is 13.3. The van der Waals surface area contributed by atoms with Crippen LogP contribution in [0.25, 0.3) is 11.2 Å². The van der Waals surface area contributed by atoms with Gasteiger partial charge in [0.1, 0.15) is 17.1 Å². The van der Waals surface area contributed by atoms with Gasteiger partial charge in [-0.05, 0) is 37.1 Å². The third kappa shape index (κ3) is 3.65. The monoisotopic (exact) mass is 364 g/mol. The Morgan fingerprint density at radius 2 is 2.07 bits per heavy atom. The molecule has 1 atom stereocenters.